The smallest absolute Gasteiger partial charge is 0.234 e. The van der Waals surface area contributed by atoms with Crippen molar-refractivity contribution >= 4 is 0 Å². The van der Waals surface area contributed by atoms with E-state index in [1.54, 1.807) is 0 Å². The van der Waals surface area contributed by atoms with Gasteiger partial charge in [-0.05, 0) is 19.3 Å². The van der Waals surface area contributed by atoms with Crippen molar-refractivity contribution in [2.75, 3.05) is 0 Å². The summed E-state index contributed by atoms with van der Waals surface area (Å²) in [7, 11) is 0. The van der Waals surface area contributed by atoms with Gasteiger partial charge < -0.3 is 0 Å². The van der Waals surface area contributed by atoms with Gasteiger partial charge in [0.05, 0.1) is 19.0 Å². The summed E-state index contributed by atoms with van der Waals surface area (Å²) in [5, 5.41) is 0. The third kappa shape index (κ3) is 8.04. The Morgan fingerprint density at radius 3 is 1.91 bits per heavy atom. The summed E-state index contributed by atoms with van der Waals surface area (Å²) in [5.41, 5.74) is 0. The molecule has 1 heterocycles. The molecule has 1 rings (SSSR count). The van der Waals surface area contributed by atoms with Gasteiger partial charge in [-0.2, -0.15) is 0 Å². The molecule has 134 valence electrons. The Labute approximate surface area is 145 Å². The number of hydrogen-bond acceptors (Lipinski definition) is 0. The number of unbranched alkanes of at least 4 members (excludes halogenated alkanes) is 9. The van der Waals surface area contributed by atoms with Gasteiger partial charge in [-0.15, -0.1) is 0 Å². The normalized spacial score (nSPS) is 11.5. The summed E-state index contributed by atoms with van der Waals surface area (Å²) in [6.45, 7) is 11.5. The second-order valence-electron chi connectivity index (χ2n) is 7.38. The molecule has 1 aromatic rings. The van der Waals surface area contributed by atoms with E-state index in [0.29, 0.717) is 5.92 Å². The molecule has 0 saturated carbocycles. The van der Waals surface area contributed by atoms with Gasteiger partial charge in [0.2, 0.25) is 0 Å². The molecular weight excluding hydrogens is 280 g/mol. The van der Waals surface area contributed by atoms with Gasteiger partial charge in [0.1, 0.15) is 12.4 Å². The first-order valence-electron chi connectivity index (χ1n) is 10.3. The van der Waals surface area contributed by atoms with E-state index < -0.39 is 0 Å². The molecule has 0 atom stereocenters. The van der Waals surface area contributed by atoms with Crippen molar-refractivity contribution in [2.24, 2.45) is 0 Å². The van der Waals surface area contributed by atoms with Crippen molar-refractivity contribution in [3.8, 4) is 0 Å². The van der Waals surface area contributed by atoms with Crippen LogP contribution in [0.25, 0.3) is 0 Å². The lowest BCUT2D eigenvalue weighted by atomic mass is 10.1. The standard InChI is InChI=1S/C21H41N2/c1-5-7-8-9-10-11-12-13-14-15-17-23-19-18-22(16-6-2)21(23)20(3)4/h18-20H,5-17H2,1-4H3/q+1. The van der Waals surface area contributed by atoms with Crippen molar-refractivity contribution in [3.05, 3.63) is 18.2 Å². The Balaban J connectivity index is 2.16. The minimum Gasteiger partial charge on any atom is -0.234 e. The van der Waals surface area contributed by atoms with Crippen molar-refractivity contribution in [3.63, 3.8) is 0 Å². The first kappa shape index (κ1) is 20.3. The minimum absolute atomic E-state index is 0.611. The lowest BCUT2D eigenvalue weighted by Gasteiger charge is -2.07. The molecular formula is C21H41N2+. The number of aryl methyl sites for hydroxylation is 2. The van der Waals surface area contributed by atoms with E-state index >= 15 is 0 Å². The fraction of sp³-hybridized carbons (Fsp3) is 0.857. The highest BCUT2D eigenvalue weighted by atomic mass is 15.1. The lowest BCUT2D eigenvalue weighted by molar-refractivity contribution is -0.705. The maximum Gasteiger partial charge on any atom is 0.258 e. The van der Waals surface area contributed by atoms with Crippen LogP contribution in [-0.4, -0.2) is 4.57 Å². The molecule has 0 saturated heterocycles. The van der Waals surface area contributed by atoms with Crippen molar-refractivity contribution in [1.29, 1.82) is 0 Å². The van der Waals surface area contributed by atoms with Crippen molar-refractivity contribution in [1.82, 2.24) is 4.57 Å². The summed E-state index contributed by atoms with van der Waals surface area (Å²) in [6, 6.07) is 0. The molecule has 2 heteroatoms. The van der Waals surface area contributed by atoms with Gasteiger partial charge in [0.15, 0.2) is 0 Å². The predicted octanol–water partition coefficient (Wildman–Crippen LogP) is 6.23. The van der Waals surface area contributed by atoms with Crippen molar-refractivity contribution < 1.29 is 4.57 Å². The Morgan fingerprint density at radius 2 is 1.39 bits per heavy atom. The third-order valence-electron chi connectivity index (χ3n) is 4.75. The first-order chi connectivity index (χ1) is 11.2. The van der Waals surface area contributed by atoms with E-state index in [1.165, 1.54) is 83.0 Å². The molecule has 0 amide bonds. The molecule has 23 heavy (non-hydrogen) atoms. The highest BCUT2D eigenvalue weighted by molar-refractivity contribution is 4.89. The fourth-order valence-electron chi connectivity index (χ4n) is 3.53. The molecule has 2 nitrogen and oxygen atoms in total. The molecule has 0 N–H and O–H groups in total. The summed E-state index contributed by atoms with van der Waals surface area (Å²) >= 11 is 0. The largest absolute Gasteiger partial charge is 0.258 e. The van der Waals surface area contributed by atoms with Gasteiger partial charge in [0, 0.05) is 0 Å². The van der Waals surface area contributed by atoms with E-state index in [1.807, 2.05) is 0 Å². The Hall–Kier alpha value is -0.790. The summed E-state index contributed by atoms with van der Waals surface area (Å²) in [6.07, 6.45) is 19.9. The number of hydrogen-bond donors (Lipinski definition) is 0. The van der Waals surface area contributed by atoms with Crippen molar-refractivity contribution in [2.45, 2.75) is 117 Å². The van der Waals surface area contributed by atoms with Crippen LogP contribution < -0.4 is 4.57 Å². The lowest BCUT2D eigenvalue weighted by Crippen LogP contribution is -2.38. The summed E-state index contributed by atoms with van der Waals surface area (Å²) < 4.78 is 4.94. The van der Waals surface area contributed by atoms with Crippen LogP contribution in [0.15, 0.2) is 12.4 Å². The van der Waals surface area contributed by atoms with Gasteiger partial charge in [-0.1, -0.05) is 79.1 Å². The highest BCUT2D eigenvalue weighted by Gasteiger charge is 2.19. The number of nitrogens with zero attached hydrogens (tertiary/aromatic N) is 2. The first-order valence-corrected chi connectivity index (χ1v) is 10.3. The molecule has 0 aliphatic rings. The highest BCUT2D eigenvalue weighted by Crippen LogP contribution is 2.13. The van der Waals surface area contributed by atoms with Crippen LogP contribution >= 0.6 is 0 Å². The van der Waals surface area contributed by atoms with Gasteiger partial charge in [-0.3, -0.25) is 0 Å². The zero-order valence-corrected chi connectivity index (χ0v) is 16.3. The van der Waals surface area contributed by atoms with E-state index in [-0.39, 0.29) is 0 Å². The predicted molar refractivity (Wildman–Crippen MR) is 101 cm³/mol. The van der Waals surface area contributed by atoms with Crippen LogP contribution in [0, 0.1) is 0 Å². The second kappa shape index (κ2) is 12.6. The van der Waals surface area contributed by atoms with Crippen LogP contribution in [0.2, 0.25) is 0 Å². The van der Waals surface area contributed by atoms with Crippen LogP contribution in [0.1, 0.15) is 110 Å². The Kier molecular flexibility index (Phi) is 11.1. The van der Waals surface area contributed by atoms with Gasteiger partial charge in [-0.25, -0.2) is 9.13 Å². The SMILES string of the molecule is CCCCCCCCCCCC[n+]1ccn(CCC)c1C(C)C. The van der Waals surface area contributed by atoms with Gasteiger partial charge >= 0.3 is 0 Å². The summed E-state index contributed by atoms with van der Waals surface area (Å²) in [4.78, 5) is 0. The Bertz CT molecular complexity index is 393. The van der Waals surface area contributed by atoms with Gasteiger partial charge in [0.25, 0.3) is 5.82 Å². The second-order valence-corrected chi connectivity index (χ2v) is 7.38. The maximum atomic E-state index is 2.49. The maximum absolute atomic E-state index is 2.49. The van der Waals surface area contributed by atoms with Crippen LogP contribution in [-0.2, 0) is 13.1 Å². The fourth-order valence-corrected chi connectivity index (χ4v) is 3.53. The Morgan fingerprint density at radius 1 is 0.826 bits per heavy atom. The third-order valence-corrected chi connectivity index (χ3v) is 4.75. The van der Waals surface area contributed by atoms with E-state index in [2.05, 4.69) is 49.2 Å². The molecule has 0 aromatic carbocycles. The molecule has 0 radical (unpaired) electrons. The van der Waals surface area contributed by atoms with Crippen LogP contribution in [0.3, 0.4) is 0 Å². The number of rotatable bonds is 14. The quantitative estimate of drug-likeness (QED) is 0.284. The monoisotopic (exact) mass is 321 g/mol. The number of aromatic nitrogens is 2. The molecule has 0 aliphatic heterocycles. The zero-order chi connectivity index (χ0) is 16.9. The molecule has 0 bridgehead atoms. The molecule has 0 unspecified atom stereocenters. The topological polar surface area (TPSA) is 8.81 Å². The van der Waals surface area contributed by atoms with E-state index in [9.17, 15) is 0 Å². The van der Waals surface area contributed by atoms with Crippen LogP contribution in [0.4, 0.5) is 0 Å². The minimum atomic E-state index is 0.611. The molecule has 0 aliphatic carbocycles. The average molecular weight is 322 g/mol. The van der Waals surface area contributed by atoms with E-state index in [4.69, 9.17) is 0 Å². The molecule has 1 aromatic heterocycles. The number of imidazole rings is 1. The average Bonchev–Trinajstić information content (AvgIpc) is 2.92. The van der Waals surface area contributed by atoms with Crippen LogP contribution in [0.5, 0.6) is 0 Å². The summed E-state index contributed by atoms with van der Waals surface area (Å²) in [5.74, 6) is 2.11. The molecule has 0 spiro atoms. The van der Waals surface area contributed by atoms with E-state index in [0.717, 1.165) is 6.54 Å². The zero-order valence-electron chi connectivity index (χ0n) is 16.3. The molecule has 0 fully saturated rings.